The minimum Gasteiger partial charge on any atom is -0.395 e. The van der Waals surface area contributed by atoms with E-state index in [9.17, 15) is 4.79 Å². The fourth-order valence-corrected chi connectivity index (χ4v) is 2.58. The van der Waals surface area contributed by atoms with Crippen LogP contribution in [-0.4, -0.2) is 59.6 Å². The van der Waals surface area contributed by atoms with Crippen LogP contribution < -0.4 is 0 Å². The monoisotopic (exact) mass is 272 g/mol. The van der Waals surface area contributed by atoms with Crippen LogP contribution in [0.1, 0.15) is 53.4 Å². The van der Waals surface area contributed by atoms with E-state index >= 15 is 0 Å². The average molecular weight is 272 g/mol. The van der Waals surface area contributed by atoms with Crippen LogP contribution in [0.25, 0.3) is 0 Å². The van der Waals surface area contributed by atoms with Crippen LogP contribution in [0, 0.1) is 0 Å². The average Bonchev–Trinajstić information content (AvgIpc) is 2.41. The Morgan fingerprint density at radius 2 is 1.63 bits per heavy atom. The number of aliphatic hydroxyl groups is 1. The quantitative estimate of drug-likeness (QED) is 0.626. The molecule has 4 nitrogen and oxygen atoms in total. The van der Waals surface area contributed by atoms with Gasteiger partial charge in [-0.3, -0.25) is 9.69 Å². The maximum atomic E-state index is 11.9. The van der Waals surface area contributed by atoms with Gasteiger partial charge in [0.15, 0.2) is 0 Å². The summed E-state index contributed by atoms with van der Waals surface area (Å²) in [7, 11) is 0. The molecule has 0 saturated carbocycles. The summed E-state index contributed by atoms with van der Waals surface area (Å²) in [5.74, 6) is 0.249. The number of amides is 1. The van der Waals surface area contributed by atoms with Crippen molar-refractivity contribution in [2.45, 2.75) is 59.4 Å². The first-order chi connectivity index (χ1) is 9.14. The minimum absolute atomic E-state index is 0.195. The summed E-state index contributed by atoms with van der Waals surface area (Å²) in [6.07, 6.45) is 3.69. The van der Waals surface area contributed by atoms with Crippen molar-refractivity contribution < 1.29 is 9.90 Å². The topological polar surface area (TPSA) is 43.8 Å². The molecule has 0 aliphatic carbocycles. The second kappa shape index (κ2) is 11.2. The first-order valence-corrected chi connectivity index (χ1v) is 7.77. The molecule has 0 heterocycles. The van der Waals surface area contributed by atoms with E-state index in [-0.39, 0.29) is 12.5 Å². The molecule has 1 amide bonds. The second-order valence-electron chi connectivity index (χ2n) is 4.90. The first kappa shape index (κ1) is 18.4. The van der Waals surface area contributed by atoms with Crippen molar-refractivity contribution in [3.63, 3.8) is 0 Å². The summed E-state index contributed by atoms with van der Waals surface area (Å²) in [4.78, 5) is 16.1. The maximum Gasteiger partial charge on any atom is 0.222 e. The molecule has 1 N–H and O–H groups in total. The molecule has 114 valence electrons. The lowest BCUT2D eigenvalue weighted by atomic mass is 10.1. The molecule has 0 aromatic carbocycles. The zero-order chi connectivity index (χ0) is 14.7. The van der Waals surface area contributed by atoms with E-state index in [0.29, 0.717) is 19.0 Å². The van der Waals surface area contributed by atoms with Gasteiger partial charge in [-0.05, 0) is 39.7 Å². The van der Waals surface area contributed by atoms with Crippen molar-refractivity contribution in [1.29, 1.82) is 0 Å². The number of carbonyl (C=O) groups excluding carboxylic acids is 1. The van der Waals surface area contributed by atoms with E-state index in [1.54, 1.807) is 0 Å². The fraction of sp³-hybridized carbons (Fsp3) is 0.933. The Balaban J connectivity index is 4.14. The molecule has 0 atom stereocenters. The Kier molecular flexibility index (Phi) is 10.9. The zero-order valence-electron chi connectivity index (χ0n) is 13.2. The lowest BCUT2D eigenvalue weighted by molar-refractivity contribution is -0.131. The van der Waals surface area contributed by atoms with Gasteiger partial charge in [0.2, 0.25) is 5.91 Å². The molecule has 0 fully saturated rings. The standard InChI is InChI=1S/C15H32N2O2/c1-5-14(6-2)17(12-13-18)11-9-10-15(19)16(7-3)8-4/h14,18H,5-13H2,1-4H3. The van der Waals surface area contributed by atoms with Crippen molar-refractivity contribution in [1.82, 2.24) is 9.80 Å². The minimum atomic E-state index is 0.195. The molecule has 0 aromatic heterocycles. The van der Waals surface area contributed by atoms with Gasteiger partial charge in [0.1, 0.15) is 0 Å². The number of rotatable bonds is 11. The van der Waals surface area contributed by atoms with Crippen molar-refractivity contribution in [3.8, 4) is 0 Å². The van der Waals surface area contributed by atoms with Crippen molar-refractivity contribution in [2.24, 2.45) is 0 Å². The SMILES string of the molecule is CCC(CC)N(CCO)CCCC(=O)N(CC)CC. The number of hydrogen-bond acceptors (Lipinski definition) is 3. The Labute approximate surface area is 118 Å². The van der Waals surface area contributed by atoms with Crippen molar-refractivity contribution >= 4 is 5.91 Å². The number of aliphatic hydroxyl groups excluding tert-OH is 1. The predicted molar refractivity (Wildman–Crippen MR) is 80.2 cm³/mol. The van der Waals surface area contributed by atoms with Gasteiger partial charge in [-0.25, -0.2) is 0 Å². The van der Waals surface area contributed by atoms with Crippen LogP contribution in [0.2, 0.25) is 0 Å². The lowest BCUT2D eigenvalue weighted by Crippen LogP contribution is -2.38. The van der Waals surface area contributed by atoms with Gasteiger partial charge in [-0.1, -0.05) is 13.8 Å². The molecule has 0 bridgehead atoms. The Morgan fingerprint density at radius 1 is 1.05 bits per heavy atom. The molecule has 0 rings (SSSR count). The molecule has 0 unspecified atom stereocenters. The Morgan fingerprint density at radius 3 is 2.05 bits per heavy atom. The molecule has 0 aromatic rings. The third kappa shape index (κ3) is 6.92. The molecule has 4 heteroatoms. The van der Waals surface area contributed by atoms with Gasteiger partial charge < -0.3 is 10.0 Å². The molecule has 19 heavy (non-hydrogen) atoms. The molecule has 0 radical (unpaired) electrons. The Hall–Kier alpha value is -0.610. The molecular weight excluding hydrogens is 240 g/mol. The molecule has 0 aliphatic heterocycles. The van der Waals surface area contributed by atoms with Crippen molar-refractivity contribution in [2.75, 3.05) is 32.8 Å². The predicted octanol–water partition coefficient (Wildman–Crippen LogP) is 2.12. The van der Waals surface area contributed by atoms with Gasteiger partial charge in [-0.15, -0.1) is 0 Å². The Bertz CT molecular complexity index is 226. The van der Waals surface area contributed by atoms with Gasteiger partial charge >= 0.3 is 0 Å². The molecular formula is C15H32N2O2. The van der Waals surface area contributed by atoms with Gasteiger partial charge in [0.05, 0.1) is 6.61 Å². The van der Waals surface area contributed by atoms with Crippen LogP contribution in [0.5, 0.6) is 0 Å². The van der Waals surface area contributed by atoms with Crippen LogP contribution >= 0.6 is 0 Å². The number of hydrogen-bond donors (Lipinski definition) is 1. The summed E-state index contributed by atoms with van der Waals surface area (Å²) in [6, 6.07) is 0.524. The lowest BCUT2D eigenvalue weighted by Gasteiger charge is -2.30. The van der Waals surface area contributed by atoms with Gasteiger partial charge in [0.25, 0.3) is 0 Å². The summed E-state index contributed by atoms with van der Waals surface area (Å²) < 4.78 is 0. The van der Waals surface area contributed by atoms with Crippen molar-refractivity contribution in [3.05, 3.63) is 0 Å². The molecule has 0 saturated heterocycles. The van der Waals surface area contributed by atoms with E-state index in [1.165, 1.54) is 0 Å². The van der Waals surface area contributed by atoms with Crippen LogP contribution in [0.3, 0.4) is 0 Å². The molecule has 0 spiro atoms. The van der Waals surface area contributed by atoms with E-state index in [2.05, 4.69) is 18.7 Å². The molecule has 0 aliphatic rings. The van der Waals surface area contributed by atoms with E-state index in [0.717, 1.165) is 38.9 Å². The highest BCUT2D eigenvalue weighted by molar-refractivity contribution is 5.76. The smallest absolute Gasteiger partial charge is 0.222 e. The summed E-state index contributed by atoms with van der Waals surface area (Å²) in [5, 5.41) is 9.13. The van der Waals surface area contributed by atoms with Crippen LogP contribution in [-0.2, 0) is 4.79 Å². The van der Waals surface area contributed by atoms with Gasteiger partial charge in [0, 0.05) is 32.1 Å². The summed E-state index contributed by atoms with van der Waals surface area (Å²) in [5.41, 5.74) is 0. The highest BCUT2D eigenvalue weighted by Gasteiger charge is 2.15. The van der Waals surface area contributed by atoms with Gasteiger partial charge in [-0.2, -0.15) is 0 Å². The zero-order valence-corrected chi connectivity index (χ0v) is 13.2. The number of carbonyl (C=O) groups is 1. The van der Waals surface area contributed by atoms with Crippen LogP contribution in [0.4, 0.5) is 0 Å². The highest BCUT2D eigenvalue weighted by atomic mass is 16.3. The first-order valence-electron chi connectivity index (χ1n) is 7.77. The van der Waals surface area contributed by atoms with E-state index in [1.807, 2.05) is 18.7 Å². The second-order valence-corrected chi connectivity index (χ2v) is 4.90. The number of nitrogens with zero attached hydrogens (tertiary/aromatic N) is 2. The van der Waals surface area contributed by atoms with E-state index in [4.69, 9.17) is 5.11 Å². The highest BCUT2D eigenvalue weighted by Crippen LogP contribution is 2.10. The summed E-state index contributed by atoms with van der Waals surface area (Å²) in [6.45, 7) is 11.8. The van der Waals surface area contributed by atoms with Crippen LogP contribution in [0.15, 0.2) is 0 Å². The largest absolute Gasteiger partial charge is 0.395 e. The fourth-order valence-electron chi connectivity index (χ4n) is 2.58. The summed E-state index contributed by atoms with van der Waals surface area (Å²) >= 11 is 0. The van der Waals surface area contributed by atoms with E-state index < -0.39 is 0 Å². The third-order valence-corrected chi connectivity index (χ3v) is 3.80. The third-order valence-electron chi connectivity index (χ3n) is 3.80. The maximum absolute atomic E-state index is 11.9. The normalized spacial score (nSPS) is 11.3.